The van der Waals surface area contributed by atoms with Crippen LogP contribution in [0.25, 0.3) is 0 Å². The quantitative estimate of drug-likeness (QED) is 0.748. The molecular formula is C13H13BrN2O3. The van der Waals surface area contributed by atoms with Gasteiger partial charge in [0.05, 0.1) is 12.0 Å². The third-order valence-electron chi connectivity index (χ3n) is 2.82. The first-order chi connectivity index (χ1) is 9.04. The summed E-state index contributed by atoms with van der Waals surface area (Å²) in [6.07, 6.45) is 3.70. The maximum absolute atomic E-state index is 11.7. The maximum atomic E-state index is 11.7. The second kappa shape index (κ2) is 5.88. The summed E-state index contributed by atoms with van der Waals surface area (Å²) in [6.45, 7) is 0. The van der Waals surface area contributed by atoms with E-state index in [4.69, 9.17) is 5.11 Å². The topological polar surface area (TPSA) is 78.4 Å². The molecule has 0 saturated heterocycles. The smallest absolute Gasteiger partial charge is 0.319 e. The minimum absolute atomic E-state index is 0.239. The number of carbonyl (C=O) groups excluding carboxylic acids is 1. The van der Waals surface area contributed by atoms with Crippen LogP contribution in [-0.2, 0) is 4.79 Å². The number of rotatable bonds is 3. The van der Waals surface area contributed by atoms with E-state index in [9.17, 15) is 9.59 Å². The van der Waals surface area contributed by atoms with Crippen LogP contribution in [0.15, 0.2) is 40.9 Å². The van der Waals surface area contributed by atoms with Gasteiger partial charge in [-0.1, -0.05) is 28.1 Å². The third kappa shape index (κ3) is 3.82. The fourth-order valence-corrected chi connectivity index (χ4v) is 2.12. The average Bonchev–Trinajstić information content (AvgIpc) is 2.80. The van der Waals surface area contributed by atoms with Gasteiger partial charge in [0.1, 0.15) is 0 Å². The molecule has 1 aromatic carbocycles. The fourth-order valence-electron chi connectivity index (χ4n) is 1.86. The van der Waals surface area contributed by atoms with Crippen molar-refractivity contribution < 1.29 is 14.7 Å². The van der Waals surface area contributed by atoms with Gasteiger partial charge in [0.15, 0.2) is 0 Å². The number of urea groups is 1. The number of anilines is 1. The summed E-state index contributed by atoms with van der Waals surface area (Å²) in [5, 5.41) is 14.2. The Bertz CT molecular complexity index is 513. The Morgan fingerprint density at radius 3 is 2.47 bits per heavy atom. The van der Waals surface area contributed by atoms with E-state index in [-0.39, 0.29) is 12.1 Å². The van der Waals surface area contributed by atoms with E-state index in [1.807, 2.05) is 12.1 Å². The van der Waals surface area contributed by atoms with E-state index in [2.05, 4.69) is 26.6 Å². The van der Waals surface area contributed by atoms with Crippen LogP contribution in [-0.4, -0.2) is 23.1 Å². The lowest BCUT2D eigenvalue weighted by Crippen LogP contribution is -2.36. The molecule has 1 aliphatic carbocycles. The lowest BCUT2D eigenvalue weighted by molar-refractivity contribution is -0.140. The standard InChI is InChI=1S/C13H13BrN2O3/c14-9-2-5-10(6-3-9)15-13(19)16-11-4-1-8(7-11)12(17)18/h1-6,8,11H,7H2,(H,17,18)(H2,15,16,19). The molecule has 2 rings (SSSR count). The lowest BCUT2D eigenvalue weighted by atomic mass is 10.1. The number of nitrogens with one attached hydrogen (secondary N) is 2. The molecule has 0 aromatic heterocycles. The minimum Gasteiger partial charge on any atom is -0.481 e. The Balaban J connectivity index is 1.84. The van der Waals surface area contributed by atoms with Gasteiger partial charge < -0.3 is 15.7 Å². The second-order valence-corrected chi connectivity index (χ2v) is 5.19. The Morgan fingerprint density at radius 1 is 1.21 bits per heavy atom. The number of carbonyl (C=O) groups is 2. The van der Waals surface area contributed by atoms with Crippen LogP contribution >= 0.6 is 15.9 Å². The van der Waals surface area contributed by atoms with E-state index in [0.29, 0.717) is 12.1 Å². The van der Waals surface area contributed by atoms with Crippen LogP contribution in [0.4, 0.5) is 10.5 Å². The van der Waals surface area contributed by atoms with Gasteiger partial charge in [0.25, 0.3) is 0 Å². The van der Waals surface area contributed by atoms with E-state index < -0.39 is 11.9 Å². The van der Waals surface area contributed by atoms with Gasteiger partial charge in [-0.25, -0.2) is 4.79 Å². The molecule has 0 aliphatic heterocycles. The van der Waals surface area contributed by atoms with Gasteiger partial charge in [-0.3, -0.25) is 4.79 Å². The molecule has 1 aliphatic rings. The molecule has 0 radical (unpaired) electrons. The van der Waals surface area contributed by atoms with Crippen molar-refractivity contribution in [3.8, 4) is 0 Å². The van der Waals surface area contributed by atoms with Crippen molar-refractivity contribution in [2.75, 3.05) is 5.32 Å². The first-order valence-corrected chi connectivity index (χ1v) is 6.58. The maximum Gasteiger partial charge on any atom is 0.319 e. The van der Waals surface area contributed by atoms with Crippen molar-refractivity contribution in [2.45, 2.75) is 12.5 Å². The summed E-state index contributed by atoms with van der Waals surface area (Å²) < 4.78 is 0.932. The van der Waals surface area contributed by atoms with Gasteiger partial charge in [0, 0.05) is 10.2 Å². The minimum atomic E-state index is -0.867. The Morgan fingerprint density at radius 2 is 1.89 bits per heavy atom. The molecule has 5 nitrogen and oxygen atoms in total. The Hall–Kier alpha value is -1.82. The summed E-state index contributed by atoms with van der Waals surface area (Å²) in [5.41, 5.74) is 0.678. The zero-order chi connectivity index (χ0) is 13.8. The number of amides is 2. The van der Waals surface area contributed by atoms with Crippen molar-refractivity contribution in [1.29, 1.82) is 0 Å². The number of carboxylic acid groups (broad SMARTS) is 1. The molecule has 6 heteroatoms. The molecule has 1 aromatic rings. The van der Waals surface area contributed by atoms with Gasteiger partial charge in [0.2, 0.25) is 0 Å². The zero-order valence-corrected chi connectivity index (χ0v) is 11.6. The van der Waals surface area contributed by atoms with E-state index in [1.165, 1.54) is 0 Å². The molecule has 3 N–H and O–H groups in total. The number of benzene rings is 1. The summed E-state index contributed by atoms with van der Waals surface area (Å²) in [7, 11) is 0. The van der Waals surface area contributed by atoms with Crippen molar-refractivity contribution in [2.24, 2.45) is 5.92 Å². The van der Waals surface area contributed by atoms with Crippen molar-refractivity contribution in [1.82, 2.24) is 5.32 Å². The highest BCUT2D eigenvalue weighted by molar-refractivity contribution is 9.10. The third-order valence-corrected chi connectivity index (χ3v) is 3.35. The molecular weight excluding hydrogens is 312 g/mol. The molecule has 2 amide bonds. The van der Waals surface area contributed by atoms with Gasteiger partial charge >= 0.3 is 12.0 Å². The van der Waals surface area contributed by atoms with Crippen LogP contribution in [0.3, 0.4) is 0 Å². The first-order valence-electron chi connectivity index (χ1n) is 5.79. The predicted molar refractivity (Wildman–Crippen MR) is 75.0 cm³/mol. The van der Waals surface area contributed by atoms with Crippen LogP contribution in [0.2, 0.25) is 0 Å². The highest BCUT2D eigenvalue weighted by Gasteiger charge is 2.25. The van der Waals surface area contributed by atoms with Crippen LogP contribution in [0, 0.1) is 5.92 Å². The van der Waals surface area contributed by atoms with Gasteiger partial charge in [-0.2, -0.15) is 0 Å². The molecule has 2 atom stereocenters. The first kappa shape index (κ1) is 13.6. The number of halogens is 1. The molecule has 0 saturated carbocycles. The van der Waals surface area contributed by atoms with E-state index in [0.717, 1.165) is 4.47 Å². The highest BCUT2D eigenvalue weighted by Crippen LogP contribution is 2.18. The summed E-state index contributed by atoms with van der Waals surface area (Å²) in [5.74, 6) is -1.38. The molecule has 100 valence electrons. The summed E-state index contributed by atoms with van der Waals surface area (Å²) in [4.78, 5) is 22.5. The molecule has 2 unspecified atom stereocenters. The van der Waals surface area contributed by atoms with Gasteiger partial charge in [-0.05, 0) is 30.7 Å². The Labute approximate surface area is 118 Å². The molecule has 0 heterocycles. The van der Waals surface area contributed by atoms with E-state index >= 15 is 0 Å². The SMILES string of the molecule is O=C(Nc1ccc(Br)cc1)NC1C=CC(C(=O)O)C1. The zero-order valence-electron chi connectivity index (χ0n) is 9.97. The van der Waals surface area contributed by atoms with Crippen molar-refractivity contribution >= 4 is 33.6 Å². The molecule has 0 bridgehead atoms. The largest absolute Gasteiger partial charge is 0.481 e. The van der Waals surface area contributed by atoms with Crippen LogP contribution in [0.1, 0.15) is 6.42 Å². The number of hydrogen-bond donors (Lipinski definition) is 3. The monoisotopic (exact) mass is 324 g/mol. The average molecular weight is 325 g/mol. The number of aliphatic carboxylic acids is 1. The molecule has 0 spiro atoms. The molecule has 0 fully saturated rings. The number of hydrogen-bond acceptors (Lipinski definition) is 2. The Kier molecular flexibility index (Phi) is 4.21. The van der Waals surface area contributed by atoms with E-state index in [1.54, 1.807) is 24.3 Å². The van der Waals surface area contributed by atoms with Crippen molar-refractivity contribution in [3.63, 3.8) is 0 Å². The van der Waals surface area contributed by atoms with Crippen molar-refractivity contribution in [3.05, 3.63) is 40.9 Å². The second-order valence-electron chi connectivity index (χ2n) is 4.28. The lowest BCUT2D eigenvalue weighted by Gasteiger charge is -2.13. The normalized spacial score (nSPS) is 21.1. The molecule has 19 heavy (non-hydrogen) atoms. The van der Waals surface area contributed by atoms with Crippen LogP contribution < -0.4 is 10.6 Å². The summed E-state index contributed by atoms with van der Waals surface area (Å²) >= 11 is 3.31. The summed E-state index contributed by atoms with van der Waals surface area (Å²) in [6, 6.07) is 6.61. The highest BCUT2D eigenvalue weighted by atomic mass is 79.9. The van der Waals surface area contributed by atoms with Gasteiger partial charge in [-0.15, -0.1) is 0 Å². The van der Waals surface area contributed by atoms with Crippen LogP contribution in [0.5, 0.6) is 0 Å². The predicted octanol–water partition coefficient (Wildman–Crippen LogP) is 2.60. The number of carboxylic acids is 1. The fraction of sp³-hybridized carbons (Fsp3) is 0.231.